The van der Waals surface area contributed by atoms with Crippen LogP contribution in [0.15, 0.2) is 18.2 Å². The van der Waals surface area contributed by atoms with Crippen LogP contribution < -0.4 is 10.6 Å². The van der Waals surface area contributed by atoms with Gasteiger partial charge in [0.1, 0.15) is 0 Å². The molecule has 1 aromatic heterocycles. The molecule has 22 heavy (non-hydrogen) atoms. The van der Waals surface area contributed by atoms with Gasteiger partial charge in [-0.05, 0) is 51.2 Å². The van der Waals surface area contributed by atoms with Crippen molar-refractivity contribution in [3.63, 3.8) is 0 Å². The summed E-state index contributed by atoms with van der Waals surface area (Å²) in [5.74, 6) is 0. The number of benzene rings is 1. The van der Waals surface area contributed by atoms with E-state index in [1.165, 1.54) is 0 Å². The summed E-state index contributed by atoms with van der Waals surface area (Å²) in [5.41, 5.74) is 4.09. The third-order valence-corrected chi connectivity index (χ3v) is 4.06. The number of hydrogen-bond donors (Lipinski definition) is 2. The predicted octanol–water partition coefficient (Wildman–Crippen LogP) is 4.31. The average Bonchev–Trinajstić information content (AvgIpc) is 2.70. The number of hydrogen-bond acceptors (Lipinski definition) is 2. The van der Waals surface area contributed by atoms with Gasteiger partial charge < -0.3 is 10.6 Å². The van der Waals surface area contributed by atoms with Crippen molar-refractivity contribution in [2.45, 2.75) is 33.9 Å². The second kappa shape index (κ2) is 7.31. The molecule has 0 unspecified atom stereocenters. The molecule has 4 nitrogen and oxygen atoms in total. The van der Waals surface area contributed by atoms with E-state index in [1.807, 2.05) is 11.6 Å². The maximum Gasteiger partial charge on any atom is 0.171 e. The monoisotopic (exact) mass is 356 g/mol. The highest BCUT2D eigenvalue weighted by molar-refractivity contribution is 7.80. The fraction of sp³-hybridized carbons (Fsp3) is 0.333. The van der Waals surface area contributed by atoms with Gasteiger partial charge in [0, 0.05) is 40.1 Å². The molecular weight excluding hydrogens is 339 g/mol. The summed E-state index contributed by atoms with van der Waals surface area (Å²) in [5, 5.41) is 12.4. The molecule has 1 aromatic carbocycles. The Kier molecular flexibility index (Phi) is 5.67. The number of nitrogens with zero attached hydrogens (tertiary/aromatic N) is 2. The SMILES string of the molecule is CCn1nc(C)c(CNC(=S)Nc2cc(Cl)cc(Cl)c2)c1C. The Morgan fingerprint density at radius 2 is 1.86 bits per heavy atom. The number of nitrogens with one attached hydrogen (secondary N) is 2. The van der Waals surface area contributed by atoms with Gasteiger partial charge in [0.2, 0.25) is 0 Å². The van der Waals surface area contributed by atoms with Crippen LogP contribution in [0, 0.1) is 13.8 Å². The van der Waals surface area contributed by atoms with Gasteiger partial charge in [-0.1, -0.05) is 23.2 Å². The van der Waals surface area contributed by atoms with Gasteiger partial charge in [-0.3, -0.25) is 4.68 Å². The maximum atomic E-state index is 5.97. The van der Waals surface area contributed by atoms with Crippen molar-refractivity contribution >= 4 is 46.2 Å². The number of anilines is 1. The lowest BCUT2D eigenvalue weighted by atomic mass is 10.2. The fourth-order valence-electron chi connectivity index (χ4n) is 2.27. The summed E-state index contributed by atoms with van der Waals surface area (Å²) in [7, 11) is 0. The molecule has 1 heterocycles. The zero-order chi connectivity index (χ0) is 16.3. The van der Waals surface area contributed by atoms with Crippen LogP contribution in [-0.2, 0) is 13.1 Å². The van der Waals surface area contributed by atoms with E-state index in [4.69, 9.17) is 35.4 Å². The largest absolute Gasteiger partial charge is 0.358 e. The van der Waals surface area contributed by atoms with Crippen LogP contribution in [-0.4, -0.2) is 14.9 Å². The molecule has 0 bridgehead atoms. The van der Waals surface area contributed by atoms with E-state index in [-0.39, 0.29) is 0 Å². The number of aromatic nitrogens is 2. The molecule has 0 radical (unpaired) electrons. The van der Waals surface area contributed by atoms with Crippen molar-refractivity contribution in [3.8, 4) is 0 Å². The molecule has 0 amide bonds. The first-order valence-corrected chi connectivity index (χ1v) is 8.11. The minimum atomic E-state index is 0.515. The molecule has 0 atom stereocenters. The van der Waals surface area contributed by atoms with Crippen molar-refractivity contribution in [1.82, 2.24) is 15.1 Å². The highest BCUT2D eigenvalue weighted by Crippen LogP contribution is 2.22. The minimum Gasteiger partial charge on any atom is -0.358 e. The summed E-state index contributed by atoms with van der Waals surface area (Å²) < 4.78 is 1.99. The Bertz CT molecular complexity index is 677. The van der Waals surface area contributed by atoms with E-state index in [0.717, 1.165) is 29.2 Å². The molecular formula is C15H18Cl2N4S. The minimum absolute atomic E-state index is 0.515. The third kappa shape index (κ3) is 4.12. The van der Waals surface area contributed by atoms with Crippen LogP contribution in [0.4, 0.5) is 5.69 Å². The molecule has 2 aromatic rings. The highest BCUT2D eigenvalue weighted by Gasteiger charge is 2.10. The molecule has 0 saturated heterocycles. The van der Waals surface area contributed by atoms with E-state index < -0.39 is 0 Å². The van der Waals surface area contributed by atoms with Gasteiger partial charge in [0.05, 0.1) is 5.69 Å². The standard InChI is InChI=1S/C15H18Cl2N4S/c1-4-21-10(3)14(9(2)20-21)8-18-15(22)19-13-6-11(16)5-12(17)7-13/h5-7H,4,8H2,1-3H3,(H2,18,19,22). The molecule has 0 saturated carbocycles. The van der Waals surface area contributed by atoms with Gasteiger partial charge in [0.25, 0.3) is 0 Å². The smallest absolute Gasteiger partial charge is 0.171 e. The van der Waals surface area contributed by atoms with Crippen LogP contribution in [0.5, 0.6) is 0 Å². The van der Waals surface area contributed by atoms with E-state index in [1.54, 1.807) is 18.2 Å². The van der Waals surface area contributed by atoms with Gasteiger partial charge >= 0.3 is 0 Å². The van der Waals surface area contributed by atoms with Crippen molar-refractivity contribution in [2.75, 3.05) is 5.32 Å². The Labute approximate surface area is 145 Å². The lowest BCUT2D eigenvalue weighted by Crippen LogP contribution is -2.28. The van der Waals surface area contributed by atoms with Gasteiger partial charge in [0.15, 0.2) is 5.11 Å². The van der Waals surface area contributed by atoms with Crippen molar-refractivity contribution in [3.05, 3.63) is 45.2 Å². The summed E-state index contributed by atoms with van der Waals surface area (Å²) >= 11 is 17.2. The van der Waals surface area contributed by atoms with Gasteiger partial charge in [-0.15, -0.1) is 0 Å². The van der Waals surface area contributed by atoms with E-state index in [9.17, 15) is 0 Å². The topological polar surface area (TPSA) is 41.9 Å². The Hall–Kier alpha value is -1.30. The molecule has 2 rings (SSSR count). The first-order valence-electron chi connectivity index (χ1n) is 6.94. The van der Waals surface area contributed by atoms with Crippen LogP contribution in [0.25, 0.3) is 0 Å². The van der Waals surface area contributed by atoms with E-state index in [0.29, 0.717) is 21.7 Å². The fourth-order valence-corrected chi connectivity index (χ4v) is 2.98. The zero-order valence-electron chi connectivity index (χ0n) is 12.7. The van der Waals surface area contributed by atoms with Crippen LogP contribution in [0.2, 0.25) is 10.0 Å². The Morgan fingerprint density at radius 1 is 1.23 bits per heavy atom. The highest BCUT2D eigenvalue weighted by atomic mass is 35.5. The lowest BCUT2D eigenvalue weighted by Gasteiger charge is -2.11. The average molecular weight is 357 g/mol. The summed E-state index contributed by atoms with van der Waals surface area (Å²) in [4.78, 5) is 0. The maximum absolute atomic E-state index is 5.97. The van der Waals surface area contributed by atoms with E-state index in [2.05, 4.69) is 29.6 Å². The second-order valence-corrected chi connectivity index (χ2v) is 6.21. The number of halogens is 2. The predicted molar refractivity (Wildman–Crippen MR) is 96.9 cm³/mol. The van der Waals surface area contributed by atoms with Crippen molar-refractivity contribution in [2.24, 2.45) is 0 Å². The summed E-state index contributed by atoms with van der Waals surface area (Å²) in [6.07, 6.45) is 0. The third-order valence-electron chi connectivity index (χ3n) is 3.38. The Morgan fingerprint density at radius 3 is 2.41 bits per heavy atom. The van der Waals surface area contributed by atoms with Crippen LogP contribution >= 0.6 is 35.4 Å². The molecule has 0 aliphatic carbocycles. The van der Waals surface area contributed by atoms with Crippen molar-refractivity contribution in [1.29, 1.82) is 0 Å². The van der Waals surface area contributed by atoms with Crippen molar-refractivity contribution < 1.29 is 0 Å². The number of aryl methyl sites for hydroxylation is 2. The number of thiocarbonyl (C=S) groups is 1. The molecule has 118 valence electrons. The summed E-state index contributed by atoms with van der Waals surface area (Å²) in [6, 6.07) is 5.22. The first kappa shape index (κ1) is 17.1. The van der Waals surface area contributed by atoms with E-state index >= 15 is 0 Å². The lowest BCUT2D eigenvalue weighted by molar-refractivity contribution is 0.633. The first-order chi connectivity index (χ1) is 10.4. The molecule has 2 N–H and O–H groups in total. The molecule has 0 spiro atoms. The van der Waals surface area contributed by atoms with Crippen LogP contribution in [0.3, 0.4) is 0 Å². The van der Waals surface area contributed by atoms with Gasteiger partial charge in [-0.2, -0.15) is 5.10 Å². The Balaban J connectivity index is 2.00. The second-order valence-electron chi connectivity index (χ2n) is 4.93. The molecule has 0 aliphatic heterocycles. The van der Waals surface area contributed by atoms with Crippen LogP contribution in [0.1, 0.15) is 23.9 Å². The van der Waals surface area contributed by atoms with Gasteiger partial charge in [-0.25, -0.2) is 0 Å². The summed E-state index contributed by atoms with van der Waals surface area (Å²) in [6.45, 7) is 7.62. The normalized spacial score (nSPS) is 10.6. The molecule has 7 heteroatoms. The molecule has 0 aliphatic rings. The quantitative estimate of drug-likeness (QED) is 0.800. The zero-order valence-corrected chi connectivity index (χ0v) is 15.0. The number of rotatable bonds is 4. The molecule has 0 fully saturated rings.